The van der Waals surface area contributed by atoms with E-state index in [2.05, 4.69) is 34.7 Å². The van der Waals surface area contributed by atoms with Crippen LogP contribution in [0.4, 0.5) is 0 Å². The van der Waals surface area contributed by atoms with Crippen molar-refractivity contribution in [1.82, 2.24) is 10.6 Å². The molecule has 0 radical (unpaired) electrons. The Bertz CT molecular complexity index is 557. The lowest BCUT2D eigenvalue weighted by Gasteiger charge is -2.37. The smallest absolute Gasteiger partial charge is 0.191 e. The monoisotopic (exact) mass is 363 g/mol. The van der Waals surface area contributed by atoms with Gasteiger partial charge < -0.3 is 20.1 Å². The number of hydrogen-bond donors (Lipinski definition) is 2. The molecule has 2 N–H and O–H groups in total. The lowest BCUT2D eigenvalue weighted by atomic mass is 9.99. The third-order valence-electron chi connectivity index (χ3n) is 4.87. The Kier molecular flexibility index (Phi) is 6.48. The molecular weight excluding hydrogens is 334 g/mol. The van der Waals surface area contributed by atoms with E-state index in [1.165, 1.54) is 5.56 Å². The van der Waals surface area contributed by atoms with Crippen molar-refractivity contribution in [2.75, 3.05) is 39.1 Å². The minimum absolute atomic E-state index is 0.165. The van der Waals surface area contributed by atoms with E-state index in [0.29, 0.717) is 0 Å². The number of fused-ring (bicyclic) bond motifs is 1. The number of hydrogen-bond acceptors (Lipinski definition) is 4. The highest BCUT2D eigenvalue weighted by Gasteiger charge is 2.32. The minimum atomic E-state index is 0.165. The largest absolute Gasteiger partial charge is 0.488 e. The normalized spacial score (nSPS) is 22.2. The Balaban J connectivity index is 1.47. The topological polar surface area (TPSA) is 54.9 Å². The molecule has 2 aliphatic heterocycles. The third-order valence-corrected chi connectivity index (χ3v) is 6.32. The van der Waals surface area contributed by atoms with Crippen LogP contribution in [-0.4, -0.2) is 55.9 Å². The summed E-state index contributed by atoms with van der Waals surface area (Å²) in [5.74, 6) is 2.99. The van der Waals surface area contributed by atoms with E-state index in [1.807, 2.05) is 30.9 Å². The average Bonchev–Trinajstić information content (AvgIpc) is 3.06. The van der Waals surface area contributed by atoms with Gasteiger partial charge in [-0.1, -0.05) is 25.1 Å². The number of rotatable bonds is 6. The van der Waals surface area contributed by atoms with Crippen molar-refractivity contribution < 1.29 is 9.47 Å². The van der Waals surface area contributed by atoms with Crippen molar-refractivity contribution in [2.45, 2.75) is 37.0 Å². The first-order valence-electron chi connectivity index (χ1n) is 9.15. The van der Waals surface area contributed by atoms with Gasteiger partial charge in [0.2, 0.25) is 0 Å². The summed E-state index contributed by atoms with van der Waals surface area (Å²) in [5.41, 5.74) is 1.29. The molecule has 0 spiro atoms. The number of guanidine groups is 1. The van der Waals surface area contributed by atoms with Gasteiger partial charge in [0, 0.05) is 38.0 Å². The third kappa shape index (κ3) is 4.82. The average molecular weight is 364 g/mol. The second-order valence-electron chi connectivity index (χ2n) is 6.59. The highest BCUT2D eigenvalue weighted by molar-refractivity contribution is 8.00. The molecule has 0 bridgehead atoms. The lowest BCUT2D eigenvalue weighted by Crippen LogP contribution is -2.49. The van der Waals surface area contributed by atoms with Crippen molar-refractivity contribution in [3.8, 4) is 5.75 Å². The van der Waals surface area contributed by atoms with E-state index in [-0.39, 0.29) is 10.9 Å². The highest BCUT2D eigenvalue weighted by Crippen LogP contribution is 2.34. The van der Waals surface area contributed by atoms with Gasteiger partial charge >= 0.3 is 0 Å². The van der Waals surface area contributed by atoms with Gasteiger partial charge in [-0.2, -0.15) is 11.8 Å². The van der Waals surface area contributed by atoms with Crippen molar-refractivity contribution >= 4 is 17.7 Å². The fourth-order valence-corrected chi connectivity index (χ4v) is 4.71. The molecule has 1 atom stereocenters. The SMILES string of the molecule is CCSC1(CNC(=NC)NCC2Cc3ccccc3O2)CCOCC1. The molecule has 0 aromatic heterocycles. The van der Waals surface area contributed by atoms with E-state index >= 15 is 0 Å². The maximum absolute atomic E-state index is 5.99. The maximum Gasteiger partial charge on any atom is 0.191 e. The zero-order valence-corrected chi connectivity index (χ0v) is 16.0. The zero-order chi connectivity index (χ0) is 17.5. The van der Waals surface area contributed by atoms with Crippen LogP contribution < -0.4 is 15.4 Å². The van der Waals surface area contributed by atoms with E-state index in [0.717, 1.165) is 63.0 Å². The molecule has 1 saturated heterocycles. The molecule has 1 fully saturated rings. The van der Waals surface area contributed by atoms with Crippen LogP contribution in [0.3, 0.4) is 0 Å². The molecule has 6 heteroatoms. The van der Waals surface area contributed by atoms with Crippen LogP contribution in [0.2, 0.25) is 0 Å². The molecule has 0 aliphatic carbocycles. The first kappa shape index (κ1) is 18.4. The van der Waals surface area contributed by atoms with Gasteiger partial charge in [-0.05, 0) is 30.2 Å². The summed E-state index contributed by atoms with van der Waals surface area (Å²) < 4.78 is 11.8. The number of ether oxygens (including phenoxy) is 2. The molecule has 25 heavy (non-hydrogen) atoms. The van der Waals surface area contributed by atoms with Crippen LogP contribution in [0.5, 0.6) is 5.75 Å². The lowest BCUT2D eigenvalue weighted by molar-refractivity contribution is 0.0782. The van der Waals surface area contributed by atoms with Crippen LogP contribution in [0.25, 0.3) is 0 Å². The highest BCUT2D eigenvalue weighted by atomic mass is 32.2. The summed E-state index contributed by atoms with van der Waals surface area (Å²) in [6.45, 7) is 5.61. The van der Waals surface area contributed by atoms with Gasteiger partial charge in [-0.15, -0.1) is 0 Å². The molecule has 0 saturated carbocycles. The van der Waals surface area contributed by atoms with E-state index in [4.69, 9.17) is 9.47 Å². The summed E-state index contributed by atoms with van der Waals surface area (Å²) in [7, 11) is 1.82. The molecule has 5 nitrogen and oxygen atoms in total. The summed E-state index contributed by atoms with van der Waals surface area (Å²) >= 11 is 2.04. The first-order valence-corrected chi connectivity index (χ1v) is 10.1. The molecule has 1 unspecified atom stereocenters. The van der Waals surface area contributed by atoms with Crippen LogP contribution in [0, 0.1) is 0 Å². The quantitative estimate of drug-likeness (QED) is 0.601. The van der Waals surface area contributed by atoms with Crippen LogP contribution >= 0.6 is 11.8 Å². The zero-order valence-electron chi connectivity index (χ0n) is 15.2. The predicted octanol–water partition coefficient (Wildman–Crippen LogP) is 2.46. The van der Waals surface area contributed by atoms with Gasteiger partial charge in [0.25, 0.3) is 0 Å². The van der Waals surface area contributed by atoms with E-state index in [1.54, 1.807) is 0 Å². The second-order valence-corrected chi connectivity index (χ2v) is 8.32. The van der Waals surface area contributed by atoms with Gasteiger partial charge in [0.15, 0.2) is 5.96 Å². The first-order chi connectivity index (χ1) is 12.2. The molecule has 138 valence electrons. The Morgan fingerprint density at radius 1 is 1.28 bits per heavy atom. The van der Waals surface area contributed by atoms with Crippen molar-refractivity contribution in [3.63, 3.8) is 0 Å². The molecule has 2 heterocycles. The Labute approximate surface area is 155 Å². The Morgan fingerprint density at radius 3 is 2.80 bits per heavy atom. The van der Waals surface area contributed by atoms with Crippen molar-refractivity contribution in [2.24, 2.45) is 4.99 Å². The van der Waals surface area contributed by atoms with Crippen LogP contribution in [0.1, 0.15) is 25.3 Å². The van der Waals surface area contributed by atoms with Crippen LogP contribution in [-0.2, 0) is 11.2 Å². The molecular formula is C19H29N3O2S. The van der Waals surface area contributed by atoms with Gasteiger partial charge in [-0.3, -0.25) is 4.99 Å². The van der Waals surface area contributed by atoms with Crippen LogP contribution in [0.15, 0.2) is 29.3 Å². The Morgan fingerprint density at radius 2 is 2.08 bits per heavy atom. The maximum atomic E-state index is 5.99. The summed E-state index contributed by atoms with van der Waals surface area (Å²) in [4.78, 5) is 4.37. The fraction of sp³-hybridized carbons (Fsp3) is 0.632. The summed E-state index contributed by atoms with van der Waals surface area (Å²) in [6, 6.07) is 8.27. The predicted molar refractivity (Wildman–Crippen MR) is 105 cm³/mol. The van der Waals surface area contributed by atoms with Crippen molar-refractivity contribution in [1.29, 1.82) is 0 Å². The summed E-state index contributed by atoms with van der Waals surface area (Å²) in [6.07, 6.45) is 3.30. The van der Waals surface area contributed by atoms with Gasteiger partial charge in [0.05, 0.1) is 6.54 Å². The van der Waals surface area contributed by atoms with Crippen molar-refractivity contribution in [3.05, 3.63) is 29.8 Å². The molecule has 2 aliphatic rings. The van der Waals surface area contributed by atoms with Gasteiger partial charge in [0.1, 0.15) is 11.9 Å². The number of benzene rings is 1. The standard InChI is InChI=1S/C19H29N3O2S/c1-3-25-19(8-10-23-11-9-19)14-22-18(20-2)21-13-16-12-15-6-4-5-7-17(15)24-16/h4-7,16H,3,8-14H2,1-2H3,(H2,20,21,22). The Hall–Kier alpha value is -1.40. The number of nitrogens with zero attached hydrogens (tertiary/aromatic N) is 1. The van der Waals surface area contributed by atoms with E-state index < -0.39 is 0 Å². The number of para-hydroxylation sites is 1. The second kappa shape index (κ2) is 8.81. The fourth-order valence-electron chi connectivity index (χ4n) is 3.47. The number of aliphatic imine (C=N–C) groups is 1. The molecule has 1 aromatic rings. The minimum Gasteiger partial charge on any atom is -0.488 e. The molecule has 1 aromatic carbocycles. The molecule has 3 rings (SSSR count). The van der Waals surface area contributed by atoms with Gasteiger partial charge in [-0.25, -0.2) is 0 Å². The van der Waals surface area contributed by atoms with E-state index in [9.17, 15) is 0 Å². The number of nitrogens with one attached hydrogen (secondary N) is 2. The number of thioether (sulfide) groups is 1. The molecule has 0 amide bonds. The summed E-state index contributed by atoms with van der Waals surface area (Å²) in [5, 5.41) is 6.94.